The number of pyridine rings is 1. The second-order valence-corrected chi connectivity index (χ2v) is 5.31. The molecule has 2 N–H and O–H groups in total. The molecule has 1 aliphatic rings. The molecule has 3 rings (SSSR count). The Morgan fingerprint density at radius 2 is 1.88 bits per heavy atom. The third-order valence-corrected chi connectivity index (χ3v) is 3.65. The zero-order chi connectivity index (χ0) is 15.2. The number of ether oxygens (including phenoxy) is 1. The van der Waals surface area contributed by atoms with E-state index in [2.05, 4.69) is 15.6 Å². The molecule has 0 aliphatic carbocycles. The highest BCUT2D eigenvalue weighted by Crippen LogP contribution is 2.18. The molecule has 1 aromatic carbocycles. The zero-order valence-electron chi connectivity index (χ0n) is 13.1. The lowest BCUT2D eigenvalue weighted by Crippen LogP contribution is -2.35. The molecule has 0 radical (unpaired) electrons. The molecule has 1 fully saturated rings. The predicted molar refractivity (Wildman–Crippen MR) is 99.2 cm³/mol. The minimum Gasteiger partial charge on any atom is -0.489 e. The van der Waals surface area contributed by atoms with Crippen LogP contribution in [0.15, 0.2) is 48.8 Å². The maximum absolute atomic E-state index is 12.0. The number of rotatable bonds is 5. The molecule has 1 saturated heterocycles. The van der Waals surface area contributed by atoms with Crippen LogP contribution in [0.25, 0.3) is 0 Å². The Kier molecular flexibility index (Phi) is 8.54. The van der Waals surface area contributed by atoms with Crippen LogP contribution in [-0.4, -0.2) is 23.5 Å². The highest BCUT2D eigenvalue weighted by atomic mass is 35.5. The van der Waals surface area contributed by atoms with Gasteiger partial charge in [0.05, 0.1) is 6.04 Å². The highest BCUT2D eigenvalue weighted by Gasteiger charge is 2.21. The summed E-state index contributed by atoms with van der Waals surface area (Å²) in [5.74, 6) is 0.803. The largest absolute Gasteiger partial charge is 0.489 e. The molecule has 5 nitrogen and oxygen atoms in total. The number of hydrogen-bond acceptors (Lipinski definition) is 4. The van der Waals surface area contributed by atoms with Gasteiger partial charge in [-0.15, -0.1) is 24.8 Å². The second-order valence-electron chi connectivity index (χ2n) is 5.31. The SMILES string of the molecule is Cl.Cl.O=C(Nc1ccc(OCc2ccncc2)cc1)C1CCCN1. The lowest BCUT2D eigenvalue weighted by molar-refractivity contribution is -0.117. The van der Waals surface area contributed by atoms with Gasteiger partial charge in [-0.05, 0) is 61.3 Å². The van der Waals surface area contributed by atoms with E-state index in [0.29, 0.717) is 6.61 Å². The van der Waals surface area contributed by atoms with Crippen LogP contribution in [0.1, 0.15) is 18.4 Å². The third kappa shape index (κ3) is 5.67. The van der Waals surface area contributed by atoms with Gasteiger partial charge in [-0.1, -0.05) is 0 Å². The van der Waals surface area contributed by atoms with E-state index in [0.717, 1.165) is 36.4 Å². The first-order valence-electron chi connectivity index (χ1n) is 7.47. The van der Waals surface area contributed by atoms with Crippen LogP contribution < -0.4 is 15.4 Å². The number of benzene rings is 1. The van der Waals surface area contributed by atoms with Gasteiger partial charge in [-0.25, -0.2) is 0 Å². The molecule has 2 heterocycles. The van der Waals surface area contributed by atoms with Gasteiger partial charge in [0.25, 0.3) is 0 Å². The first kappa shape index (κ1) is 20.2. The molecule has 1 aliphatic heterocycles. The van der Waals surface area contributed by atoms with Crippen molar-refractivity contribution in [3.63, 3.8) is 0 Å². The number of carbonyl (C=O) groups is 1. The smallest absolute Gasteiger partial charge is 0.241 e. The molecule has 0 saturated carbocycles. The van der Waals surface area contributed by atoms with Crippen LogP contribution in [0.5, 0.6) is 5.75 Å². The average molecular weight is 370 g/mol. The van der Waals surface area contributed by atoms with E-state index in [1.54, 1.807) is 12.4 Å². The molecule has 0 bridgehead atoms. The number of nitrogens with one attached hydrogen (secondary N) is 2. The van der Waals surface area contributed by atoms with Crippen molar-refractivity contribution in [3.8, 4) is 5.75 Å². The van der Waals surface area contributed by atoms with E-state index >= 15 is 0 Å². The summed E-state index contributed by atoms with van der Waals surface area (Å²) < 4.78 is 5.70. The molecule has 1 amide bonds. The van der Waals surface area contributed by atoms with E-state index in [4.69, 9.17) is 4.74 Å². The zero-order valence-corrected chi connectivity index (χ0v) is 14.7. The number of nitrogens with zero attached hydrogens (tertiary/aromatic N) is 1. The van der Waals surface area contributed by atoms with Gasteiger partial charge in [0.1, 0.15) is 12.4 Å². The van der Waals surface area contributed by atoms with Crippen molar-refractivity contribution in [2.75, 3.05) is 11.9 Å². The van der Waals surface area contributed by atoms with Crippen molar-refractivity contribution in [2.45, 2.75) is 25.5 Å². The van der Waals surface area contributed by atoms with E-state index in [1.807, 2.05) is 36.4 Å². The molecule has 130 valence electrons. The van der Waals surface area contributed by atoms with Crippen molar-refractivity contribution >= 4 is 36.4 Å². The quantitative estimate of drug-likeness (QED) is 0.849. The first-order chi connectivity index (χ1) is 10.8. The Balaban J connectivity index is 0.00000144. The van der Waals surface area contributed by atoms with E-state index < -0.39 is 0 Å². The van der Waals surface area contributed by atoms with Gasteiger partial charge in [0.2, 0.25) is 5.91 Å². The number of hydrogen-bond donors (Lipinski definition) is 2. The fourth-order valence-corrected chi connectivity index (χ4v) is 2.42. The van der Waals surface area contributed by atoms with Gasteiger partial charge >= 0.3 is 0 Å². The van der Waals surface area contributed by atoms with Gasteiger partial charge < -0.3 is 15.4 Å². The van der Waals surface area contributed by atoms with Crippen LogP contribution >= 0.6 is 24.8 Å². The summed E-state index contributed by atoms with van der Waals surface area (Å²) in [6, 6.07) is 11.2. The second kappa shape index (κ2) is 10.1. The standard InChI is InChI=1S/C17H19N3O2.2ClH/c21-17(16-2-1-9-19-16)20-14-3-5-15(6-4-14)22-12-13-7-10-18-11-8-13;;/h3-8,10-11,16,19H,1-2,9,12H2,(H,20,21);2*1H. The lowest BCUT2D eigenvalue weighted by Gasteiger charge is -2.12. The summed E-state index contributed by atoms with van der Waals surface area (Å²) in [5, 5.41) is 6.10. The first-order valence-corrected chi connectivity index (χ1v) is 7.47. The van der Waals surface area contributed by atoms with Crippen LogP contribution in [0.2, 0.25) is 0 Å². The minimum atomic E-state index is -0.0670. The fraction of sp³-hybridized carbons (Fsp3) is 0.294. The summed E-state index contributed by atoms with van der Waals surface area (Å²) in [5.41, 5.74) is 1.86. The number of anilines is 1. The van der Waals surface area contributed by atoms with Crippen molar-refractivity contribution < 1.29 is 9.53 Å². The van der Waals surface area contributed by atoms with Gasteiger partial charge in [-0.2, -0.15) is 0 Å². The summed E-state index contributed by atoms with van der Waals surface area (Å²) in [6.45, 7) is 1.42. The Morgan fingerprint density at radius 3 is 2.50 bits per heavy atom. The number of amides is 1. The van der Waals surface area contributed by atoms with Crippen molar-refractivity contribution in [1.82, 2.24) is 10.3 Å². The molecular weight excluding hydrogens is 349 g/mol. The molecule has 1 atom stereocenters. The molecule has 24 heavy (non-hydrogen) atoms. The topological polar surface area (TPSA) is 63.2 Å². The Hall–Kier alpha value is -1.82. The summed E-state index contributed by atoms with van der Waals surface area (Å²) in [4.78, 5) is 16.0. The predicted octanol–water partition coefficient (Wildman–Crippen LogP) is 3.19. The molecular formula is C17H21Cl2N3O2. The lowest BCUT2D eigenvalue weighted by atomic mass is 10.2. The van der Waals surface area contributed by atoms with Crippen LogP contribution in [0.3, 0.4) is 0 Å². The molecule has 0 spiro atoms. The van der Waals surface area contributed by atoms with Crippen LogP contribution in [0.4, 0.5) is 5.69 Å². The van der Waals surface area contributed by atoms with Crippen molar-refractivity contribution in [1.29, 1.82) is 0 Å². The summed E-state index contributed by atoms with van der Waals surface area (Å²) in [7, 11) is 0. The maximum Gasteiger partial charge on any atom is 0.241 e. The highest BCUT2D eigenvalue weighted by molar-refractivity contribution is 5.95. The Bertz CT molecular complexity index is 617. The molecule has 1 unspecified atom stereocenters. The molecule has 1 aromatic heterocycles. The van der Waals surface area contributed by atoms with Crippen LogP contribution in [-0.2, 0) is 11.4 Å². The average Bonchev–Trinajstić information content (AvgIpc) is 3.10. The monoisotopic (exact) mass is 369 g/mol. The van der Waals surface area contributed by atoms with E-state index in [1.165, 1.54) is 0 Å². The minimum absolute atomic E-state index is 0. The molecule has 2 aromatic rings. The van der Waals surface area contributed by atoms with Crippen molar-refractivity contribution in [2.24, 2.45) is 0 Å². The van der Waals surface area contributed by atoms with Crippen molar-refractivity contribution in [3.05, 3.63) is 54.4 Å². The maximum atomic E-state index is 12.0. The number of halogens is 2. The van der Waals surface area contributed by atoms with Gasteiger partial charge in [0.15, 0.2) is 0 Å². The van der Waals surface area contributed by atoms with Gasteiger partial charge in [0, 0.05) is 18.1 Å². The Morgan fingerprint density at radius 1 is 1.17 bits per heavy atom. The third-order valence-electron chi connectivity index (χ3n) is 3.65. The van der Waals surface area contributed by atoms with Crippen LogP contribution in [0, 0.1) is 0 Å². The van der Waals surface area contributed by atoms with E-state index in [-0.39, 0.29) is 36.8 Å². The number of aromatic nitrogens is 1. The van der Waals surface area contributed by atoms with E-state index in [9.17, 15) is 4.79 Å². The fourth-order valence-electron chi connectivity index (χ4n) is 2.42. The summed E-state index contributed by atoms with van der Waals surface area (Å²) in [6.07, 6.45) is 5.45. The normalized spacial score (nSPS) is 15.8. The number of carbonyl (C=O) groups excluding carboxylic acids is 1. The molecule has 7 heteroatoms. The van der Waals surface area contributed by atoms with Gasteiger partial charge in [-0.3, -0.25) is 9.78 Å². The summed E-state index contributed by atoms with van der Waals surface area (Å²) >= 11 is 0. The Labute approximate surface area is 154 Å².